The maximum atomic E-state index is 5.55. The van der Waals surface area contributed by atoms with Gasteiger partial charge in [-0.2, -0.15) is 0 Å². The zero-order valence-corrected chi connectivity index (χ0v) is 14.9. The normalized spacial score (nSPS) is 15.6. The van der Waals surface area contributed by atoms with Crippen molar-refractivity contribution in [3.05, 3.63) is 22.4 Å². The molecular formula is C16H29N3OS. The van der Waals surface area contributed by atoms with Gasteiger partial charge in [0.1, 0.15) is 0 Å². The van der Waals surface area contributed by atoms with E-state index in [1.807, 2.05) is 0 Å². The highest BCUT2D eigenvalue weighted by atomic mass is 32.1. The largest absolute Gasteiger partial charge is 0.379 e. The van der Waals surface area contributed by atoms with Gasteiger partial charge in [0.05, 0.1) is 6.10 Å². The van der Waals surface area contributed by atoms with Crippen molar-refractivity contribution < 1.29 is 4.74 Å². The van der Waals surface area contributed by atoms with Gasteiger partial charge < -0.3 is 15.4 Å². The Hall–Kier alpha value is -1.07. The number of methoxy groups -OCH3 is 1. The van der Waals surface area contributed by atoms with Crippen LogP contribution in [0.15, 0.2) is 22.5 Å². The Morgan fingerprint density at radius 1 is 1.33 bits per heavy atom. The predicted octanol–water partition coefficient (Wildman–Crippen LogP) is 3.08. The molecule has 0 radical (unpaired) electrons. The van der Waals surface area contributed by atoms with Crippen molar-refractivity contribution >= 4 is 17.3 Å². The molecule has 0 spiro atoms. The van der Waals surface area contributed by atoms with Crippen molar-refractivity contribution in [2.75, 3.05) is 27.2 Å². The highest BCUT2D eigenvalue weighted by molar-refractivity contribution is 7.10. The van der Waals surface area contributed by atoms with Crippen LogP contribution in [0.5, 0.6) is 0 Å². The predicted molar refractivity (Wildman–Crippen MR) is 92.4 cm³/mol. The summed E-state index contributed by atoms with van der Waals surface area (Å²) in [6.07, 6.45) is 0.144. The lowest BCUT2D eigenvalue weighted by Crippen LogP contribution is -2.45. The SMILES string of the molecule is CN=C(NCC(C)c1cccs1)NCC(OC)C(C)(C)C. The summed E-state index contributed by atoms with van der Waals surface area (Å²) in [5, 5.41) is 8.84. The third kappa shape index (κ3) is 6.06. The fraction of sp³-hybridized carbons (Fsp3) is 0.688. The number of ether oxygens (including phenoxy) is 1. The van der Waals surface area contributed by atoms with Gasteiger partial charge in [0.15, 0.2) is 5.96 Å². The van der Waals surface area contributed by atoms with Crippen LogP contribution in [0.25, 0.3) is 0 Å². The second kappa shape index (κ2) is 8.39. The van der Waals surface area contributed by atoms with E-state index in [0.29, 0.717) is 5.92 Å². The van der Waals surface area contributed by atoms with E-state index in [2.05, 4.69) is 60.8 Å². The summed E-state index contributed by atoms with van der Waals surface area (Å²) in [4.78, 5) is 5.66. The van der Waals surface area contributed by atoms with Crippen molar-refractivity contribution in [2.24, 2.45) is 10.4 Å². The second-order valence-electron chi connectivity index (χ2n) is 6.34. The molecule has 0 aliphatic rings. The molecule has 0 aliphatic heterocycles. The summed E-state index contributed by atoms with van der Waals surface area (Å²) >= 11 is 1.80. The van der Waals surface area contributed by atoms with Crippen molar-refractivity contribution in [1.29, 1.82) is 0 Å². The zero-order chi connectivity index (χ0) is 15.9. The molecule has 0 aromatic carbocycles. The van der Waals surface area contributed by atoms with Crippen LogP contribution >= 0.6 is 11.3 Å². The number of nitrogens with zero attached hydrogens (tertiary/aromatic N) is 1. The first kappa shape index (κ1) is 18.0. The van der Waals surface area contributed by atoms with E-state index in [9.17, 15) is 0 Å². The van der Waals surface area contributed by atoms with Crippen LogP contribution in [0.3, 0.4) is 0 Å². The second-order valence-corrected chi connectivity index (χ2v) is 7.32. The van der Waals surface area contributed by atoms with Gasteiger partial charge in [-0.25, -0.2) is 0 Å². The fourth-order valence-corrected chi connectivity index (χ4v) is 2.86. The molecule has 2 unspecified atom stereocenters. The van der Waals surface area contributed by atoms with Crippen LogP contribution in [0.2, 0.25) is 0 Å². The lowest BCUT2D eigenvalue weighted by molar-refractivity contribution is 0.0205. The molecule has 1 aromatic rings. The molecular weight excluding hydrogens is 282 g/mol. The average Bonchev–Trinajstić information content (AvgIpc) is 2.95. The summed E-state index contributed by atoms with van der Waals surface area (Å²) in [7, 11) is 3.55. The van der Waals surface area contributed by atoms with Gasteiger partial charge in [-0.1, -0.05) is 33.8 Å². The summed E-state index contributed by atoms with van der Waals surface area (Å²) in [5.41, 5.74) is 0.102. The summed E-state index contributed by atoms with van der Waals surface area (Å²) in [5.74, 6) is 1.30. The van der Waals surface area contributed by atoms with Gasteiger partial charge in [0.2, 0.25) is 0 Å². The number of hydrogen-bond donors (Lipinski definition) is 2. The van der Waals surface area contributed by atoms with E-state index < -0.39 is 0 Å². The third-order valence-electron chi connectivity index (χ3n) is 3.53. The van der Waals surface area contributed by atoms with Crippen LogP contribution in [0, 0.1) is 5.41 Å². The minimum Gasteiger partial charge on any atom is -0.379 e. The number of nitrogens with one attached hydrogen (secondary N) is 2. The van der Waals surface area contributed by atoms with Gasteiger partial charge in [-0.05, 0) is 16.9 Å². The van der Waals surface area contributed by atoms with Gasteiger partial charge in [0.25, 0.3) is 0 Å². The molecule has 1 heterocycles. The van der Waals surface area contributed by atoms with Crippen LogP contribution < -0.4 is 10.6 Å². The van der Waals surface area contributed by atoms with Crippen molar-refractivity contribution in [3.8, 4) is 0 Å². The molecule has 0 bridgehead atoms. The Balaban J connectivity index is 2.42. The Bertz CT molecular complexity index is 423. The number of aliphatic imine (C=N–C) groups is 1. The maximum absolute atomic E-state index is 5.55. The van der Waals surface area contributed by atoms with E-state index in [0.717, 1.165) is 19.0 Å². The lowest BCUT2D eigenvalue weighted by atomic mass is 9.89. The standard InChI is InChI=1S/C16H29N3OS/c1-12(13-8-7-9-21-13)10-18-15(17-5)19-11-14(20-6)16(2,3)4/h7-9,12,14H,10-11H2,1-6H3,(H2,17,18,19). The smallest absolute Gasteiger partial charge is 0.191 e. The average molecular weight is 311 g/mol. The van der Waals surface area contributed by atoms with E-state index in [1.54, 1.807) is 25.5 Å². The van der Waals surface area contributed by atoms with Gasteiger partial charge in [0, 0.05) is 38.0 Å². The zero-order valence-electron chi connectivity index (χ0n) is 14.1. The molecule has 120 valence electrons. The number of rotatable bonds is 6. The van der Waals surface area contributed by atoms with Crippen LogP contribution in [0.4, 0.5) is 0 Å². The van der Waals surface area contributed by atoms with E-state index in [-0.39, 0.29) is 11.5 Å². The minimum atomic E-state index is 0.102. The van der Waals surface area contributed by atoms with E-state index in [4.69, 9.17) is 4.74 Å². The van der Waals surface area contributed by atoms with Crippen LogP contribution in [0.1, 0.15) is 38.5 Å². The first-order valence-electron chi connectivity index (χ1n) is 7.39. The van der Waals surface area contributed by atoms with Crippen molar-refractivity contribution in [2.45, 2.75) is 39.7 Å². The molecule has 0 amide bonds. The number of thiophene rings is 1. The fourth-order valence-electron chi connectivity index (χ4n) is 2.08. The summed E-state index contributed by atoms with van der Waals surface area (Å²) < 4.78 is 5.55. The molecule has 0 saturated carbocycles. The van der Waals surface area contributed by atoms with Gasteiger partial charge >= 0.3 is 0 Å². The Morgan fingerprint density at radius 2 is 2.00 bits per heavy atom. The minimum absolute atomic E-state index is 0.102. The Labute approximate surface area is 133 Å². The van der Waals surface area contributed by atoms with E-state index in [1.165, 1.54) is 4.88 Å². The van der Waals surface area contributed by atoms with Gasteiger partial charge in [-0.3, -0.25) is 4.99 Å². The molecule has 2 N–H and O–H groups in total. The summed E-state index contributed by atoms with van der Waals surface area (Å²) in [6, 6.07) is 4.27. The van der Waals surface area contributed by atoms with Crippen molar-refractivity contribution in [3.63, 3.8) is 0 Å². The molecule has 0 aliphatic carbocycles. The molecule has 1 aromatic heterocycles. The van der Waals surface area contributed by atoms with Gasteiger partial charge in [-0.15, -0.1) is 11.3 Å². The van der Waals surface area contributed by atoms with E-state index >= 15 is 0 Å². The molecule has 4 nitrogen and oxygen atoms in total. The highest BCUT2D eigenvalue weighted by Crippen LogP contribution is 2.21. The topological polar surface area (TPSA) is 45.7 Å². The molecule has 21 heavy (non-hydrogen) atoms. The maximum Gasteiger partial charge on any atom is 0.191 e. The quantitative estimate of drug-likeness (QED) is 0.627. The first-order chi connectivity index (χ1) is 9.88. The molecule has 0 fully saturated rings. The van der Waals surface area contributed by atoms with Crippen LogP contribution in [-0.4, -0.2) is 39.3 Å². The van der Waals surface area contributed by atoms with Crippen molar-refractivity contribution in [1.82, 2.24) is 10.6 Å². The highest BCUT2D eigenvalue weighted by Gasteiger charge is 2.24. The number of hydrogen-bond acceptors (Lipinski definition) is 3. The third-order valence-corrected chi connectivity index (χ3v) is 4.64. The van der Waals surface area contributed by atoms with Crippen LogP contribution in [-0.2, 0) is 4.74 Å². The molecule has 1 rings (SSSR count). The Kier molecular flexibility index (Phi) is 7.18. The molecule has 0 saturated heterocycles. The lowest BCUT2D eigenvalue weighted by Gasteiger charge is -2.30. The Morgan fingerprint density at radius 3 is 2.48 bits per heavy atom. The summed E-state index contributed by atoms with van der Waals surface area (Å²) in [6.45, 7) is 10.4. The molecule has 5 heteroatoms. The first-order valence-corrected chi connectivity index (χ1v) is 8.27. The molecule has 2 atom stereocenters. The number of guanidine groups is 1. The monoisotopic (exact) mass is 311 g/mol.